The van der Waals surface area contributed by atoms with Crippen molar-refractivity contribution < 1.29 is 17.6 Å². The first kappa shape index (κ1) is 25.1. The topological polar surface area (TPSA) is 57.5 Å². The van der Waals surface area contributed by atoms with E-state index in [0.717, 1.165) is 6.92 Å². The molecule has 182 valence electrons. The summed E-state index contributed by atoms with van der Waals surface area (Å²) in [5, 5.41) is 5.92. The number of aromatic nitrogens is 3. The van der Waals surface area contributed by atoms with E-state index in [1.807, 2.05) is 0 Å². The number of halogens is 4. The highest BCUT2D eigenvalue weighted by molar-refractivity contribution is 5.65. The monoisotopic (exact) mass is 476 g/mol. The minimum atomic E-state index is -3.20. The minimum Gasteiger partial charge on any atom is -0.381 e. The lowest BCUT2D eigenvalue weighted by molar-refractivity contribution is 0.0129. The van der Waals surface area contributed by atoms with Gasteiger partial charge < -0.3 is 15.5 Å². The average Bonchev–Trinajstić information content (AvgIpc) is 3.16. The number of benzene rings is 1. The summed E-state index contributed by atoms with van der Waals surface area (Å²) >= 11 is 0. The molecule has 6 nitrogen and oxygen atoms in total. The maximum atomic E-state index is 14.6. The number of alkyl halides is 3. The Bertz CT molecular complexity index is 1180. The summed E-state index contributed by atoms with van der Waals surface area (Å²) in [7, 11) is 0. The number of anilines is 1. The second-order valence-corrected chi connectivity index (χ2v) is 8.06. The lowest BCUT2D eigenvalue weighted by atomic mass is 10.1. The lowest BCUT2D eigenvalue weighted by Crippen LogP contribution is -2.32. The standard InChI is InChI=1S/C24H28F4N6/c1-15(2)33(17(4)25)12-10-29-20-8-7-18(13-19(20)26)14-31-16(3)21-22(24(5,27)28)32-23-30-9-6-11-34(21)23/h6-9,11,13,17,29,31H,1,3,10,12,14H2,2,4-5H3. The van der Waals surface area contributed by atoms with Gasteiger partial charge in [0, 0.05) is 44.6 Å². The first-order chi connectivity index (χ1) is 16.0. The van der Waals surface area contributed by atoms with Crippen LogP contribution in [0.25, 0.3) is 11.5 Å². The fourth-order valence-electron chi connectivity index (χ4n) is 3.57. The van der Waals surface area contributed by atoms with Crippen LogP contribution in [0.5, 0.6) is 0 Å². The smallest absolute Gasteiger partial charge is 0.289 e. The SMILES string of the molecule is C=C(NCc1ccc(NCCN(C(=C)C)C(C)F)c(F)c1)c1c(C(C)(F)F)nc2ncccn12. The molecular formula is C24H28F4N6. The molecule has 0 aliphatic carbocycles. The van der Waals surface area contributed by atoms with E-state index in [0.29, 0.717) is 24.4 Å². The number of hydrogen-bond donors (Lipinski definition) is 2. The van der Waals surface area contributed by atoms with Crippen LogP contribution in [0.2, 0.25) is 0 Å². The van der Waals surface area contributed by atoms with E-state index in [-0.39, 0.29) is 29.4 Å². The molecule has 2 aromatic heterocycles. The van der Waals surface area contributed by atoms with Crippen LogP contribution in [-0.4, -0.2) is 38.7 Å². The molecule has 0 aliphatic rings. The van der Waals surface area contributed by atoms with Crippen molar-refractivity contribution in [3.8, 4) is 0 Å². The molecule has 0 bridgehead atoms. The van der Waals surface area contributed by atoms with Crippen molar-refractivity contribution >= 4 is 17.2 Å². The molecule has 0 saturated carbocycles. The zero-order valence-electron chi connectivity index (χ0n) is 19.4. The van der Waals surface area contributed by atoms with E-state index in [9.17, 15) is 17.6 Å². The summed E-state index contributed by atoms with van der Waals surface area (Å²) in [6.45, 7) is 12.3. The van der Waals surface area contributed by atoms with E-state index < -0.39 is 23.7 Å². The summed E-state index contributed by atoms with van der Waals surface area (Å²) < 4.78 is 57.9. The fraction of sp³-hybridized carbons (Fsp3) is 0.333. The third kappa shape index (κ3) is 5.67. The zero-order chi connectivity index (χ0) is 25.0. The number of hydrogen-bond acceptors (Lipinski definition) is 5. The number of allylic oxidation sites excluding steroid dienone is 1. The number of nitrogens with one attached hydrogen (secondary N) is 2. The van der Waals surface area contributed by atoms with Gasteiger partial charge in [-0.2, -0.15) is 8.78 Å². The summed E-state index contributed by atoms with van der Waals surface area (Å²) in [6.07, 6.45) is 1.85. The molecule has 1 unspecified atom stereocenters. The Kier molecular flexibility index (Phi) is 7.48. The van der Waals surface area contributed by atoms with Gasteiger partial charge in [0.05, 0.1) is 17.1 Å². The Labute approximate surface area is 196 Å². The van der Waals surface area contributed by atoms with Crippen molar-refractivity contribution in [1.82, 2.24) is 24.6 Å². The molecule has 3 aromatic rings. The van der Waals surface area contributed by atoms with Crippen LogP contribution in [0, 0.1) is 5.82 Å². The van der Waals surface area contributed by atoms with E-state index in [4.69, 9.17) is 0 Å². The zero-order valence-corrected chi connectivity index (χ0v) is 19.4. The van der Waals surface area contributed by atoms with E-state index in [1.165, 1.54) is 28.5 Å². The molecule has 3 rings (SSSR count). The number of imidazole rings is 1. The van der Waals surface area contributed by atoms with Crippen LogP contribution >= 0.6 is 0 Å². The molecular weight excluding hydrogens is 448 g/mol. The van der Waals surface area contributed by atoms with Crippen LogP contribution in [0.3, 0.4) is 0 Å². The highest BCUT2D eigenvalue weighted by Crippen LogP contribution is 2.32. The van der Waals surface area contributed by atoms with E-state index >= 15 is 0 Å². The first-order valence-corrected chi connectivity index (χ1v) is 10.7. The molecule has 0 saturated heterocycles. The highest BCUT2D eigenvalue weighted by Gasteiger charge is 2.33. The second-order valence-electron chi connectivity index (χ2n) is 8.06. The number of nitrogens with zero attached hydrogens (tertiary/aromatic N) is 4. The Hall–Kier alpha value is -3.56. The summed E-state index contributed by atoms with van der Waals surface area (Å²) in [5.74, 6) is -3.56. The second kappa shape index (κ2) is 10.1. The van der Waals surface area contributed by atoms with Gasteiger partial charge in [0.2, 0.25) is 5.78 Å². The van der Waals surface area contributed by atoms with Gasteiger partial charge in [-0.25, -0.2) is 18.7 Å². The van der Waals surface area contributed by atoms with Crippen molar-refractivity contribution in [3.63, 3.8) is 0 Å². The maximum Gasteiger partial charge on any atom is 0.289 e. The predicted octanol–water partition coefficient (Wildman–Crippen LogP) is 5.30. The Balaban J connectivity index is 1.67. The van der Waals surface area contributed by atoms with Gasteiger partial charge in [-0.05, 0) is 37.6 Å². The van der Waals surface area contributed by atoms with Gasteiger partial charge in [-0.1, -0.05) is 19.2 Å². The van der Waals surface area contributed by atoms with E-state index in [1.54, 1.807) is 31.3 Å². The third-order valence-electron chi connectivity index (χ3n) is 5.23. The molecule has 2 heterocycles. The van der Waals surface area contributed by atoms with Gasteiger partial charge in [-0.3, -0.25) is 4.40 Å². The normalized spacial score (nSPS) is 12.4. The van der Waals surface area contributed by atoms with Gasteiger partial charge in [0.1, 0.15) is 11.5 Å². The van der Waals surface area contributed by atoms with Gasteiger partial charge in [-0.15, -0.1) is 0 Å². The molecule has 0 radical (unpaired) electrons. The Morgan fingerprint density at radius 2 is 2.03 bits per heavy atom. The molecule has 0 fully saturated rings. The molecule has 0 aliphatic heterocycles. The van der Waals surface area contributed by atoms with Crippen molar-refractivity contribution in [2.75, 3.05) is 18.4 Å². The molecule has 10 heteroatoms. The van der Waals surface area contributed by atoms with Gasteiger partial charge in [0.25, 0.3) is 5.92 Å². The van der Waals surface area contributed by atoms with Crippen LogP contribution in [0.4, 0.5) is 23.2 Å². The first-order valence-electron chi connectivity index (χ1n) is 10.7. The van der Waals surface area contributed by atoms with Crippen LogP contribution < -0.4 is 10.6 Å². The maximum absolute atomic E-state index is 14.6. The highest BCUT2D eigenvalue weighted by atomic mass is 19.3. The summed E-state index contributed by atoms with van der Waals surface area (Å²) in [6, 6.07) is 6.21. The Morgan fingerprint density at radius 1 is 1.29 bits per heavy atom. The number of fused-ring (bicyclic) bond motifs is 1. The average molecular weight is 477 g/mol. The predicted molar refractivity (Wildman–Crippen MR) is 125 cm³/mol. The van der Waals surface area contributed by atoms with Gasteiger partial charge in [0.15, 0.2) is 6.30 Å². The van der Waals surface area contributed by atoms with Crippen molar-refractivity contribution in [1.29, 1.82) is 0 Å². The van der Waals surface area contributed by atoms with Crippen molar-refractivity contribution in [2.24, 2.45) is 0 Å². The van der Waals surface area contributed by atoms with Crippen molar-refractivity contribution in [3.05, 3.63) is 78.3 Å². The molecule has 1 atom stereocenters. The quantitative estimate of drug-likeness (QED) is 0.290. The van der Waals surface area contributed by atoms with Crippen LogP contribution in [0.1, 0.15) is 37.7 Å². The molecule has 34 heavy (non-hydrogen) atoms. The molecule has 1 aromatic carbocycles. The minimum absolute atomic E-state index is 0.110. The molecule has 0 spiro atoms. The molecule has 0 amide bonds. The Morgan fingerprint density at radius 3 is 2.65 bits per heavy atom. The van der Waals surface area contributed by atoms with Crippen LogP contribution in [0.15, 0.2) is 55.5 Å². The largest absolute Gasteiger partial charge is 0.381 e. The summed E-state index contributed by atoms with van der Waals surface area (Å²) in [5.41, 5.74) is 1.32. The van der Waals surface area contributed by atoms with Crippen molar-refractivity contribution in [2.45, 2.75) is 39.5 Å². The molecule has 2 N–H and O–H groups in total. The summed E-state index contributed by atoms with van der Waals surface area (Å²) in [4.78, 5) is 9.44. The van der Waals surface area contributed by atoms with Crippen LogP contribution in [-0.2, 0) is 12.5 Å². The number of rotatable bonds is 11. The fourth-order valence-corrected chi connectivity index (χ4v) is 3.57. The van der Waals surface area contributed by atoms with E-state index in [2.05, 4.69) is 33.8 Å². The third-order valence-corrected chi connectivity index (χ3v) is 5.23. The lowest BCUT2D eigenvalue weighted by Gasteiger charge is -2.26. The van der Waals surface area contributed by atoms with Gasteiger partial charge >= 0.3 is 0 Å².